The van der Waals surface area contributed by atoms with Gasteiger partial charge in [-0.05, 0) is 19.4 Å². The van der Waals surface area contributed by atoms with Crippen LogP contribution in [-0.4, -0.2) is 43.8 Å². The molecule has 1 fully saturated rings. The van der Waals surface area contributed by atoms with Crippen LogP contribution in [0.15, 0.2) is 6.07 Å². The van der Waals surface area contributed by atoms with Gasteiger partial charge < -0.3 is 10.6 Å². The van der Waals surface area contributed by atoms with Gasteiger partial charge in [0.15, 0.2) is 9.84 Å². The predicted molar refractivity (Wildman–Crippen MR) is 72.6 cm³/mol. The van der Waals surface area contributed by atoms with Crippen molar-refractivity contribution >= 4 is 32.8 Å². The summed E-state index contributed by atoms with van der Waals surface area (Å²) < 4.78 is 22.8. The molecule has 1 aromatic rings. The van der Waals surface area contributed by atoms with E-state index in [-0.39, 0.29) is 23.5 Å². The Kier molecular flexibility index (Phi) is 3.37. The van der Waals surface area contributed by atoms with Crippen LogP contribution in [0.3, 0.4) is 0 Å². The van der Waals surface area contributed by atoms with Gasteiger partial charge in [-0.2, -0.15) is 0 Å². The summed E-state index contributed by atoms with van der Waals surface area (Å²) in [5.74, 6) is 0.0811. The summed E-state index contributed by atoms with van der Waals surface area (Å²) in [5.41, 5.74) is 6.33. The van der Waals surface area contributed by atoms with Crippen molar-refractivity contribution in [2.45, 2.75) is 19.4 Å². The molecule has 0 bridgehead atoms. The lowest BCUT2D eigenvalue weighted by Crippen LogP contribution is -2.37. The fourth-order valence-electron chi connectivity index (χ4n) is 2.02. The van der Waals surface area contributed by atoms with Gasteiger partial charge in [0.25, 0.3) is 5.91 Å². The molecule has 0 spiro atoms. The van der Waals surface area contributed by atoms with Crippen LogP contribution in [0.2, 0.25) is 0 Å². The molecule has 0 aliphatic carbocycles. The van der Waals surface area contributed by atoms with Crippen molar-refractivity contribution in [3.63, 3.8) is 0 Å². The number of rotatable bonds is 2. The molecular formula is C11H16N2O3S2. The fourth-order valence-corrected chi connectivity index (χ4v) is 4.72. The second kappa shape index (κ2) is 4.55. The van der Waals surface area contributed by atoms with Gasteiger partial charge in [0.2, 0.25) is 0 Å². The minimum Gasteiger partial charge on any atom is -0.398 e. The number of nitrogens with zero attached hydrogens (tertiary/aromatic N) is 1. The highest BCUT2D eigenvalue weighted by molar-refractivity contribution is 7.91. The number of carbonyl (C=O) groups is 1. The van der Waals surface area contributed by atoms with Crippen LogP contribution in [0.1, 0.15) is 21.0 Å². The first-order valence-corrected chi connectivity index (χ1v) is 8.27. The van der Waals surface area contributed by atoms with Crippen LogP contribution in [-0.2, 0) is 9.84 Å². The lowest BCUT2D eigenvalue weighted by Gasteiger charge is -2.22. The molecule has 0 radical (unpaired) electrons. The molecule has 0 aromatic carbocycles. The van der Waals surface area contributed by atoms with E-state index < -0.39 is 9.84 Å². The second-order valence-electron chi connectivity index (χ2n) is 4.60. The van der Waals surface area contributed by atoms with E-state index in [1.54, 1.807) is 13.1 Å². The van der Waals surface area contributed by atoms with Gasteiger partial charge >= 0.3 is 0 Å². The van der Waals surface area contributed by atoms with E-state index in [9.17, 15) is 13.2 Å². The fraction of sp³-hybridized carbons (Fsp3) is 0.545. The molecule has 0 saturated carbocycles. The number of carbonyl (C=O) groups excluding carboxylic acids is 1. The molecule has 5 nitrogen and oxygen atoms in total. The first-order chi connectivity index (χ1) is 8.30. The lowest BCUT2D eigenvalue weighted by atomic mass is 10.2. The molecule has 1 saturated heterocycles. The Morgan fingerprint density at radius 1 is 1.56 bits per heavy atom. The normalized spacial score (nSPS) is 22.0. The van der Waals surface area contributed by atoms with Crippen molar-refractivity contribution in [2.75, 3.05) is 24.3 Å². The van der Waals surface area contributed by atoms with E-state index in [1.165, 1.54) is 16.2 Å². The molecule has 1 unspecified atom stereocenters. The molecule has 1 aromatic heterocycles. The third-order valence-electron chi connectivity index (χ3n) is 3.24. The molecule has 1 amide bonds. The van der Waals surface area contributed by atoms with Gasteiger partial charge in [-0.15, -0.1) is 11.3 Å². The number of aryl methyl sites for hydroxylation is 1. The van der Waals surface area contributed by atoms with Crippen LogP contribution in [0.25, 0.3) is 0 Å². The van der Waals surface area contributed by atoms with E-state index in [0.29, 0.717) is 17.0 Å². The Morgan fingerprint density at radius 3 is 2.67 bits per heavy atom. The SMILES string of the molecule is Cc1sc(C(=O)N(C)C2CCS(=O)(=O)C2)cc1N. The molecule has 1 atom stereocenters. The molecule has 2 heterocycles. The molecular weight excluding hydrogens is 272 g/mol. The zero-order chi connectivity index (χ0) is 13.5. The van der Waals surface area contributed by atoms with E-state index in [1.807, 2.05) is 6.92 Å². The number of thiophene rings is 1. The summed E-state index contributed by atoms with van der Waals surface area (Å²) in [7, 11) is -1.32. The Morgan fingerprint density at radius 2 is 2.22 bits per heavy atom. The number of anilines is 1. The number of hydrogen-bond donors (Lipinski definition) is 1. The largest absolute Gasteiger partial charge is 0.398 e. The standard InChI is InChI=1S/C11H16N2O3S2/c1-7-9(12)5-10(17-7)11(14)13(2)8-3-4-18(15,16)6-8/h5,8H,3-4,6,12H2,1-2H3. The third-order valence-corrected chi connectivity index (χ3v) is 6.05. The Bertz CT molecular complexity index is 558. The summed E-state index contributed by atoms with van der Waals surface area (Å²) in [5, 5.41) is 0. The maximum absolute atomic E-state index is 12.2. The van der Waals surface area contributed by atoms with Crippen molar-refractivity contribution in [2.24, 2.45) is 0 Å². The van der Waals surface area contributed by atoms with Crippen LogP contribution >= 0.6 is 11.3 Å². The van der Waals surface area contributed by atoms with Crippen molar-refractivity contribution < 1.29 is 13.2 Å². The Hall–Kier alpha value is -1.08. The van der Waals surface area contributed by atoms with Gasteiger partial charge in [-0.3, -0.25) is 4.79 Å². The van der Waals surface area contributed by atoms with E-state index in [0.717, 1.165) is 4.88 Å². The smallest absolute Gasteiger partial charge is 0.264 e. The highest BCUT2D eigenvalue weighted by Crippen LogP contribution is 2.26. The lowest BCUT2D eigenvalue weighted by molar-refractivity contribution is 0.0752. The zero-order valence-electron chi connectivity index (χ0n) is 10.3. The minimum absolute atomic E-state index is 0.0646. The Labute approximate surface area is 111 Å². The van der Waals surface area contributed by atoms with Crippen LogP contribution < -0.4 is 5.73 Å². The molecule has 1 aliphatic heterocycles. The maximum Gasteiger partial charge on any atom is 0.264 e. The second-order valence-corrected chi connectivity index (χ2v) is 8.08. The molecule has 2 rings (SSSR count). The van der Waals surface area contributed by atoms with E-state index in [4.69, 9.17) is 5.73 Å². The summed E-state index contributed by atoms with van der Waals surface area (Å²) >= 11 is 1.34. The first-order valence-electron chi connectivity index (χ1n) is 5.63. The third kappa shape index (κ3) is 2.51. The molecule has 100 valence electrons. The number of amides is 1. The highest BCUT2D eigenvalue weighted by Gasteiger charge is 2.33. The Balaban J connectivity index is 2.15. The van der Waals surface area contributed by atoms with Crippen molar-refractivity contribution in [3.05, 3.63) is 15.8 Å². The van der Waals surface area contributed by atoms with Gasteiger partial charge in [-0.1, -0.05) is 0 Å². The summed E-state index contributed by atoms with van der Waals surface area (Å²) in [6, 6.07) is 1.44. The van der Waals surface area contributed by atoms with Crippen molar-refractivity contribution in [1.82, 2.24) is 4.90 Å². The van der Waals surface area contributed by atoms with Crippen molar-refractivity contribution in [1.29, 1.82) is 0 Å². The minimum atomic E-state index is -2.97. The average Bonchev–Trinajstić information content (AvgIpc) is 2.81. The molecule has 2 N–H and O–H groups in total. The number of sulfone groups is 1. The number of nitrogens with two attached hydrogens (primary N) is 1. The number of hydrogen-bond acceptors (Lipinski definition) is 5. The van der Waals surface area contributed by atoms with Gasteiger partial charge in [0, 0.05) is 23.7 Å². The van der Waals surface area contributed by atoms with Gasteiger partial charge in [-0.25, -0.2) is 8.42 Å². The van der Waals surface area contributed by atoms with E-state index >= 15 is 0 Å². The van der Waals surface area contributed by atoms with Crippen LogP contribution in [0, 0.1) is 6.92 Å². The summed E-state index contributed by atoms with van der Waals surface area (Å²) in [4.78, 5) is 15.2. The topological polar surface area (TPSA) is 80.5 Å². The summed E-state index contributed by atoms with van der Waals surface area (Å²) in [6.45, 7) is 1.86. The molecule has 1 aliphatic rings. The highest BCUT2D eigenvalue weighted by atomic mass is 32.2. The van der Waals surface area contributed by atoms with Gasteiger partial charge in [0.05, 0.1) is 16.4 Å². The van der Waals surface area contributed by atoms with Crippen molar-refractivity contribution in [3.8, 4) is 0 Å². The maximum atomic E-state index is 12.2. The van der Waals surface area contributed by atoms with Crippen LogP contribution in [0.5, 0.6) is 0 Å². The average molecular weight is 288 g/mol. The zero-order valence-corrected chi connectivity index (χ0v) is 12.0. The molecule has 7 heteroatoms. The van der Waals surface area contributed by atoms with E-state index in [2.05, 4.69) is 0 Å². The van der Waals surface area contributed by atoms with Crippen LogP contribution in [0.4, 0.5) is 5.69 Å². The predicted octanol–water partition coefficient (Wildman–Crippen LogP) is 0.898. The van der Waals surface area contributed by atoms with Gasteiger partial charge in [0.1, 0.15) is 0 Å². The molecule has 18 heavy (non-hydrogen) atoms. The monoisotopic (exact) mass is 288 g/mol. The number of nitrogen functional groups attached to an aromatic ring is 1. The quantitative estimate of drug-likeness (QED) is 0.876. The summed E-state index contributed by atoms with van der Waals surface area (Å²) in [6.07, 6.45) is 0.518. The first kappa shape index (κ1) is 13.4.